The molecule has 19 heavy (non-hydrogen) atoms. The molecule has 0 aliphatic carbocycles. The Morgan fingerprint density at radius 2 is 2.26 bits per heavy atom. The molecule has 0 saturated heterocycles. The van der Waals surface area contributed by atoms with E-state index in [2.05, 4.69) is 27.8 Å². The number of anilines is 1. The van der Waals surface area contributed by atoms with E-state index in [1.54, 1.807) is 13.2 Å². The number of benzene rings is 1. The average Bonchev–Trinajstić information content (AvgIpc) is 2.36. The van der Waals surface area contributed by atoms with Gasteiger partial charge in [0.05, 0.1) is 6.61 Å². The van der Waals surface area contributed by atoms with Gasteiger partial charge in [-0.1, -0.05) is 22.0 Å². The van der Waals surface area contributed by atoms with Gasteiger partial charge in [0.25, 0.3) is 0 Å². The van der Waals surface area contributed by atoms with Gasteiger partial charge in [0.15, 0.2) is 0 Å². The van der Waals surface area contributed by atoms with Crippen LogP contribution in [0, 0.1) is 0 Å². The second-order valence-corrected chi connectivity index (χ2v) is 5.21. The van der Waals surface area contributed by atoms with Crippen molar-refractivity contribution in [2.75, 3.05) is 25.7 Å². The molecular weight excluding hydrogens is 310 g/mol. The van der Waals surface area contributed by atoms with Crippen LogP contribution < -0.4 is 4.90 Å². The number of hydrogen-bond acceptors (Lipinski definition) is 3. The van der Waals surface area contributed by atoms with Gasteiger partial charge in [-0.3, -0.25) is 0 Å². The second kappa shape index (κ2) is 7.31. The predicted molar refractivity (Wildman–Crippen MR) is 80.6 cm³/mol. The van der Waals surface area contributed by atoms with Crippen molar-refractivity contribution in [1.29, 1.82) is 0 Å². The number of carboxylic acids is 1. The molecular formula is C14H18BrNO3. The summed E-state index contributed by atoms with van der Waals surface area (Å²) in [6.45, 7) is 2.65. The van der Waals surface area contributed by atoms with Crippen LogP contribution in [0.5, 0.6) is 0 Å². The molecule has 0 heterocycles. The van der Waals surface area contributed by atoms with Gasteiger partial charge >= 0.3 is 5.97 Å². The normalized spacial score (nSPS) is 12.6. The monoisotopic (exact) mass is 327 g/mol. The molecule has 0 bridgehead atoms. The first kappa shape index (κ1) is 15.7. The van der Waals surface area contributed by atoms with Crippen molar-refractivity contribution in [3.05, 3.63) is 34.3 Å². The van der Waals surface area contributed by atoms with Crippen LogP contribution in [0.1, 0.15) is 12.5 Å². The Bertz CT molecular complexity index is 474. The largest absolute Gasteiger partial charge is 0.478 e. The fourth-order valence-electron chi connectivity index (χ4n) is 1.71. The Kier molecular flexibility index (Phi) is 6.05. The summed E-state index contributed by atoms with van der Waals surface area (Å²) in [5, 5.41) is 8.72. The Morgan fingerprint density at radius 1 is 1.58 bits per heavy atom. The molecule has 4 nitrogen and oxygen atoms in total. The maximum Gasteiger partial charge on any atom is 0.328 e. The van der Waals surface area contributed by atoms with Crippen molar-refractivity contribution >= 4 is 33.7 Å². The maximum atomic E-state index is 10.6. The highest BCUT2D eigenvalue weighted by Gasteiger charge is 2.13. The first-order valence-corrected chi connectivity index (χ1v) is 6.67. The highest BCUT2D eigenvalue weighted by molar-refractivity contribution is 9.10. The Balaban J connectivity index is 3.09. The highest BCUT2D eigenvalue weighted by atomic mass is 79.9. The number of likely N-dealkylation sites (N-methyl/N-ethyl adjacent to an activating group) is 1. The lowest BCUT2D eigenvalue weighted by atomic mass is 10.1. The Hall–Kier alpha value is -1.33. The number of ether oxygens (including phenoxy) is 1. The molecule has 1 rings (SSSR count). The topological polar surface area (TPSA) is 49.8 Å². The molecule has 0 aromatic heterocycles. The molecule has 1 N–H and O–H groups in total. The number of carbonyl (C=O) groups is 1. The van der Waals surface area contributed by atoms with Crippen molar-refractivity contribution in [3.8, 4) is 0 Å². The predicted octanol–water partition coefficient (Wildman–Crippen LogP) is 3.02. The third-order valence-electron chi connectivity index (χ3n) is 2.85. The molecule has 0 aliphatic rings. The molecule has 1 unspecified atom stereocenters. The van der Waals surface area contributed by atoms with E-state index in [0.717, 1.165) is 21.8 Å². The standard InChI is InChI=1S/C14H18BrNO3/c1-10(9-19-3)16(2)13-8-12(15)6-4-11(13)5-7-14(17)18/h4-8,10H,9H2,1-3H3,(H,17,18). The number of hydrogen-bond donors (Lipinski definition) is 1. The van der Waals surface area contributed by atoms with E-state index in [4.69, 9.17) is 9.84 Å². The lowest BCUT2D eigenvalue weighted by Crippen LogP contribution is -2.33. The van der Waals surface area contributed by atoms with Crippen molar-refractivity contribution in [3.63, 3.8) is 0 Å². The SMILES string of the molecule is COCC(C)N(C)c1cc(Br)ccc1C=CC(=O)O. The van der Waals surface area contributed by atoms with Crippen molar-refractivity contribution in [1.82, 2.24) is 0 Å². The highest BCUT2D eigenvalue weighted by Crippen LogP contribution is 2.27. The minimum Gasteiger partial charge on any atom is -0.478 e. The van der Waals surface area contributed by atoms with Crippen LogP contribution in [0.2, 0.25) is 0 Å². The Morgan fingerprint density at radius 3 is 2.84 bits per heavy atom. The summed E-state index contributed by atoms with van der Waals surface area (Å²) in [6.07, 6.45) is 2.74. The minimum atomic E-state index is -0.957. The molecule has 1 aromatic carbocycles. The molecule has 0 aliphatic heterocycles. The molecule has 5 heteroatoms. The zero-order valence-corrected chi connectivity index (χ0v) is 12.8. The number of halogens is 1. The minimum absolute atomic E-state index is 0.191. The van der Waals surface area contributed by atoms with Crippen molar-refractivity contribution in [2.24, 2.45) is 0 Å². The smallest absolute Gasteiger partial charge is 0.328 e. The van der Waals surface area contributed by atoms with E-state index in [1.165, 1.54) is 0 Å². The quantitative estimate of drug-likeness (QED) is 0.816. The van der Waals surface area contributed by atoms with E-state index < -0.39 is 5.97 Å². The fourth-order valence-corrected chi connectivity index (χ4v) is 2.06. The van der Waals surface area contributed by atoms with Crippen LogP contribution in [-0.4, -0.2) is 37.9 Å². The van der Waals surface area contributed by atoms with Gasteiger partial charge in [-0.2, -0.15) is 0 Å². The molecule has 0 saturated carbocycles. The van der Waals surface area contributed by atoms with Crippen LogP contribution in [0.15, 0.2) is 28.7 Å². The number of methoxy groups -OCH3 is 1. The third-order valence-corrected chi connectivity index (χ3v) is 3.34. The van der Waals surface area contributed by atoms with E-state index in [1.807, 2.05) is 25.2 Å². The van der Waals surface area contributed by atoms with Gasteiger partial charge in [-0.05, 0) is 30.7 Å². The number of rotatable bonds is 6. The van der Waals surface area contributed by atoms with Crippen LogP contribution in [0.25, 0.3) is 6.08 Å². The first-order valence-electron chi connectivity index (χ1n) is 5.88. The van der Waals surface area contributed by atoms with Crippen LogP contribution >= 0.6 is 15.9 Å². The zero-order chi connectivity index (χ0) is 14.4. The fraction of sp³-hybridized carbons (Fsp3) is 0.357. The zero-order valence-electron chi connectivity index (χ0n) is 11.3. The molecule has 0 spiro atoms. The van der Waals surface area contributed by atoms with Gasteiger partial charge in [0, 0.05) is 36.4 Å². The maximum absolute atomic E-state index is 10.6. The van der Waals surface area contributed by atoms with E-state index in [9.17, 15) is 4.79 Å². The molecule has 0 amide bonds. The van der Waals surface area contributed by atoms with Crippen LogP contribution in [0.4, 0.5) is 5.69 Å². The summed E-state index contributed by atoms with van der Waals surface area (Å²) in [7, 11) is 3.63. The van der Waals surface area contributed by atoms with Gasteiger partial charge < -0.3 is 14.7 Å². The number of nitrogens with zero attached hydrogens (tertiary/aromatic N) is 1. The molecule has 104 valence electrons. The number of carboxylic acid groups (broad SMARTS) is 1. The molecule has 0 fully saturated rings. The average molecular weight is 328 g/mol. The van der Waals surface area contributed by atoms with Crippen molar-refractivity contribution < 1.29 is 14.6 Å². The van der Waals surface area contributed by atoms with Gasteiger partial charge in [-0.15, -0.1) is 0 Å². The van der Waals surface area contributed by atoms with E-state index in [-0.39, 0.29) is 6.04 Å². The first-order chi connectivity index (χ1) is 8.95. The lowest BCUT2D eigenvalue weighted by molar-refractivity contribution is -0.131. The second-order valence-electron chi connectivity index (χ2n) is 4.29. The summed E-state index contributed by atoms with van der Waals surface area (Å²) in [6, 6.07) is 5.93. The summed E-state index contributed by atoms with van der Waals surface area (Å²) < 4.78 is 6.10. The summed E-state index contributed by atoms with van der Waals surface area (Å²) in [5.74, 6) is -0.957. The van der Waals surface area contributed by atoms with Crippen LogP contribution in [0.3, 0.4) is 0 Å². The van der Waals surface area contributed by atoms with E-state index >= 15 is 0 Å². The molecule has 1 aromatic rings. The van der Waals surface area contributed by atoms with Gasteiger partial charge in [0.1, 0.15) is 0 Å². The van der Waals surface area contributed by atoms with Crippen molar-refractivity contribution in [2.45, 2.75) is 13.0 Å². The van der Waals surface area contributed by atoms with E-state index in [0.29, 0.717) is 6.61 Å². The number of aliphatic carboxylic acids is 1. The molecule has 0 radical (unpaired) electrons. The van der Waals surface area contributed by atoms with Gasteiger partial charge in [-0.25, -0.2) is 4.79 Å². The summed E-state index contributed by atoms with van der Waals surface area (Å²) in [5.41, 5.74) is 1.81. The molecule has 1 atom stereocenters. The Labute approximate surface area is 121 Å². The summed E-state index contributed by atoms with van der Waals surface area (Å²) in [4.78, 5) is 12.7. The van der Waals surface area contributed by atoms with Crippen LogP contribution in [-0.2, 0) is 9.53 Å². The third kappa shape index (κ3) is 4.69. The van der Waals surface area contributed by atoms with Gasteiger partial charge in [0.2, 0.25) is 0 Å². The lowest BCUT2D eigenvalue weighted by Gasteiger charge is -2.28. The summed E-state index contributed by atoms with van der Waals surface area (Å²) >= 11 is 3.43.